The fourth-order valence-electron chi connectivity index (χ4n) is 0.630. The van der Waals surface area contributed by atoms with Crippen molar-refractivity contribution in [3.8, 4) is 0 Å². The molecule has 1 N–H and O–H groups in total. The maximum Gasteiger partial charge on any atom is 2.00 e. The van der Waals surface area contributed by atoms with Gasteiger partial charge < -0.3 is 2.85 Å². The summed E-state index contributed by atoms with van der Waals surface area (Å²) in [6.45, 7) is 0. The average Bonchev–Trinajstić information content (AvgIpc) is 2.06. The number of hydrogen-bond acceptors (Lipinski definition) is 4. The standard InChI is InChI=1S/C6H6O4S.Mg.2H/c7-10-11(8,9)6-4-2-1-3-5-6;;;/h1-5,7H;;;/q;+2;2*-1. The van der Waals surface area contributed by atoms with Crippen LogP contribution in [0.25, 0.3) is 0 Å². The average molecular weight is 200 g/mol. The molecule has 0 aromatic heterocycles. The molecule has 6 heteroatoms. The van der Waals surface area contributed by atoms with Crippen LogP contribution in [-0.2, 0) is 14.5 Å². The molecular formula is C6H8MgO4S. The van der Waals surface area contributed by atoms with Gasteiger partial charge in [-0.25, -0.2) is 5.26 Å². The van der Waals surface area contributed by atoms with Crippen molar-refractivity contribution in [1.82, 2.24) is 0 Å². The topological polar surface area (TPSA) is 63.6 Å². The van der Waals surface area contributed by atoms with Crippen molar-refractivity contribution in [1.29, 1.82) is 0 Å². The third-order valence-electron chi connectivity index (χ3n) is 1.13. The van der Waals surface area contributed by atoms with E-state index in [1.165, 1.54) is 24.3 Å². The Bertz CT molecular complexity index is 329. The second-order valence-corrected chi connectivity index (χ2v) is 3.37. The monoisotopic (exact) mass is 200 g/mol. The van der Waals surface area contributed by atoms with E-state index in [0.29, 0.717) is 0 Å². The van der Waals surface area contributed by atoms with Crippen molar-refractivity contribution in [2.45, 2.75) is 4.90 Å². The number of rotatable bonds is 2. The second kappa shape index (κ2) is 4.78. The van der Waals surface area contributed by atoms with Gasteiger partial charge in [0.2, 0.25) is 0 Å². The van der Waals surface area contributed by atoms with Gasteiger partial charge in [0.25, 0.3) is 0 Å². The van der Waals surface area contributed by atoms with E-state index in [4.69, 9.17) is 5.26 Å². The first-order chi connectivity index (χ1) is 5.17. The Hall–Kier alpha value is -0.144. The molecular weight excluding hydrogens is 192 g/mol. The molecule has 0 atom stereocenters. The molecule has 0 radical (unpaired) electrons. The van der Waals surface area contributed by atoms with Crippen LogP contribution in [0.5, 0.6) is 0 Å². The Morgan fingerprint density at radius 3 is 2.17 bits per heavy atom. The van der Waals surface area contributed by atoms with Gasteiger partial charge in [0.1, 0.15) is 0 Å². The molecule has 0 saturated carbocycles. The summed E-state index contributed by atoms with van der Waals surface area (Å²) >= 11 is 0. The summed E-state index contributed by atoms with van der Waals surface area (Å²) in [6.07, 6.45) is 0. The van der Waals surface area contributed by atoms with E-state index in [0.717, 1.165) is 0 Å². The zero-order valence-corrected chi connectivity index (χ0v) is 8.40. The van der Waals surface area contributed by atoms with E-state index >= 15 is 0 Å². The summed E-state index contributed by atoms with van der Waals surface area (Å²) in [5, 5.41) is 7.96. The van der Waals surface area contributed by atoms with E-state index in [2.05, 4.69) is 4.33 Å². The predicted molar refractivity (Wildman–Crippen MR) is 45.3 cm³/mol. The van der Waals surface area contributed by atoms with Crippen LogP contribution in [-0.4, -0.2) is 36.7 Å². The molecule has 0 heterocycles. The summed E-state index contributed by atoms with van der Waals surface area (Å²) < 4.78 is 24.8. The van der Waals surface area contributed by atoms with Gasteiger partial charge in [-0.1, -0.05) is 18.2 Å². The van der Waals surface area contributed by atoms with Crippen LogP contribution in [0.2, 0.25) is 0 Å². The smallest absolute Gasteiger partial charge is 1.00 e. The summed E-state index contributed by atoms with van der Waals surface area (Å²) in [5.41, 5.74) is 0. The van der Waals surface area contributed by atoms with E-state index in [1.807, 2.05) is 0 Å². The van der Waals surface area contributed by atoms with Crippen LogP contribution in [0, 0.1) is 0 Å². The number of hydrogen-bond donors (Lipinski definition) is 1. The minimum atomic E-state index is -3.94. The van der Waals surface area contributed by atoms with Crippen LogP contribution in [0.4, 0.5) is 0 Å². The molecule has 1 rings (SSSR count). The molecule has 1 aromatic rings. The van der Waals surface area contributed by atoms with Crippen LogP contribution >= 0.6 is 0 Å². The van der Waals surface area contributed by atoms with E-state index in [1.54, 1.807) is 6.07 Å². The maximum absolute atomic E-state index is 10.7. The quantitative estimate of drug-likeness (QED) is 0.434. The van der Waals surface area contributed by atoms with Gasteiger partial charge in [-0.3, -0.25) is 0 Å². The molecule has 0 bridgehead atoms. The summed E-state index contributed by atoms with van der Waals surface area (Å²) in [4.78, 5) is -0.0671. The fraction of sp³-hybridized carbons (Fsp3) is 0. The minimum absolute atomic E-state index is 0. The van der Waals surface area contributed by atoms with Gasteiger partial charge in [-0.2, -0.15) is 8.42 Å². The zero-order valence-electron chi connectivity index (χ0n) is 8.17. The second-order valence-electron chi connectivity index (χ2n) is 1.84. The fourth-order valence-corrected chi connectivity index (χ4v) is 1.21. The Labute approximate surface area is 89.3 Å². The van der Waals surface area contributed by atoms with Gasteiger partial charge in [-0.15, -0.1) is 4.33 Å². The molecule has 12 heavy (non-hydrogen) atoms. The van der Waals surface area contributed by atoms with Gasteiger partial charge in [0, 0.05) is 0 Å². The summed E-state index contributed by atoms with van der Waals surface area (Å²) in [7, 11) is -3.94. The third-order valence-corrected chi connectivity index (χ3v) is 2.18. The summed E-state index contributed by atoms with van der Waals surface area (Å²) in [6, 6.07) is 7.38. The van der Waals surface area contributed by atoms with Gasteiger partial charge in [-0.05, 0) is 12.1 Å². The Morgan fingerprint density at radius 2 is 1.75 bits per heavy atom. The molecule has 0 aliphatic carbocycles. The van der Waals surface area contributed by atoms with E-state index in [9.17, 15) is 8.42 Å². The molecule has 1 aromatic carbocycles. The first-order valence-electron chi connectivity index (χ1n) is 2.80. The predicted octanol–water partition coefficient (Wildman–Crippen LogP) is 0.709. The molecule has 0 aliphatic rings. The number of benzene rings is 1. The maximum atomic E-state index is 10.7. The molecule has 0 aliphatic heterocycles. The normalized spacial score (nSPS) is 10.4. The van der Waals surface area contributed by atoms with Crippen molar-refractivity contribution >= 4 is 33.2 Å². The van der Waals surface area contributed by atoms with Crippen molar-refractivity contribution in [3.63, 3.8) is 0 Å². The molecule has 0 spiro atoms. The van der Waals surface area contributed by atoms with Crippen LogP contribution in [0.15, 0.2) is 35.2 Å². The first-order valence-corrected chi connectivity index (χ1v) is 4.21. The zero-order chi connectivity index (χ0) is 8.32. The van der Waals surface area contributed by atoms with Crippen LogP contribution < -0.4 is 0 Å². The van der Waals surface area contributed by atoms with Crippen molar-refractivity contribution in [2.75, 3.05) is 0 Å². The van der Waals surface area contributed by atoms with E-state index in [-0.39, 0.29) is 30.8 Å². The minimum Gasteiger partial charge on any atom is -1.00 e. The molecule has 0 amide bonds. The Balaban J connectivity index is -0.000000403. The molecule has 0 fully saturated rings. The SMILES string of the molecule is O=S(=O)(OO)c1ccccc1.[H-].[H-].[Mg+2]. The Kier molecular flexibility index (Phi) is 4.72. The van der Waals surface area contributed by atoms with E-state index < -0.39 is 10.1 Å². The summed E-state index contributed by atoms with van der Waals surface area (Å²) in [5.74, 6) is 0. The molecule has 4 nitrogen and oxygen atoms in total. The van der Waals surface area contributed by atoms with Gasteiger partial charge in [0.15, 0.2) is 0 Å². The van der Waals surface area contributed by atoms with Crippen molar-refractivity contribution in [3.05, 3.63) is 30.3 Å². The first kappa shape index (κ1) is 11.9. The molecule has 0 unspecified atom stereocenters. The molecule has 0 saturated heterocycles. The molecule has 64 valence electrons. The van der Waals surface area contributed by atoms with Gasteiger partial charge in [0.05, 0.1) is 4.90 Å². The van der Waals surface area contributed by atoms with Crippen LogP contribution in [0.3, 0.4) is 0 Å². The third kappa shape index (κ3) is 2.72. The largest absolute Gasteiger partial charge is 2.00 e. The van der Waals surface area contributed by atoms with Crippen LogP contribution in [0.1, 0.15) is 2.85 Å². The van der Waals surface area contributed by atoms with Crippen molar-refractivity contribution in [2.24, 2.45) is 0 Å². The Morgan fingerprint density at radius 1 is 1.25 bits per heavy atom. The van der Waals surface area contributed by atoms with Crippen molar-refractivity contribution < 1.29 is 20.9 Å². The van der Waals surface area contributed by atoms with Gasteiger partial charge >= 0.3 is 33.2 Å².